The Morgan fingerprint density at radius 2 is 2.05 bits per heavy atom. The van der Waals surface area contributed by atoms with E-state index >= 15 is 0 Å². The van der Waals surface area contributed by atoms with Crippen molar-refractivity contribution >= 4 is 38.6 Å². The number of nitrogens with zero attached hydrogens (tertiary/aromatic N) is 4. The predicted molar refractivity (Wildman–Crippen MR) is 88.5 cm³/mol. The molecule has 2 aromatic heterocycles. The maximum Gasteiger partial charge on any atom is 0.124 e. The lowest BCUT2D eigenvalue weighted by Crippen LogP contribution is -2.04. The first kappa shape index (κ1) is 14.6. The number of benzene rings is 1. The van der Waals surface area contributed by atoms with Gasteiger partial charge in [-0.1, -0.05) is 15.9 Å². The van der Waals surface area contributed by atoms with Crippen LogP contribution in [-0.4, -0.2) is 19.1 Å². The van der Waals surface area contributed by atoms with Crippen LogP contribution in [0.2, 0.25) is 0 Å². The van der Waals surface area contributed by atoms with Gasteiger partial charge in [0.05, 0.1) is 23.2 Å². The van der Waals surface area contributed by atoms with Crippen molar-refractivity contribution in [2.45, 2.75) is 31.8 Å². The monoisotopic (exact) mass is 366 g/mol. The van der Waals surface area contributed by atoms with Crippen LogP contribution in [0.3, 0.4) is 0 Å². The van der Waals surface area contributed by atoms with Gasteiger partial charge in [-0.15, -0.1) is 11.6 Å². The smallest absolute Gasteiger partial charge is 0.124 e. The molecule has 21 heavy (non-hydrogen) atoms. The molecule has 4 nitrogen and oxygen atoms in total. The Morgan fingerprint density at radius 3 is 2.81 bits per heavy atom. The van der Waals surface area contributed by atoms with E-state index in [0.29, 0.717) is 5.88 Å². The van der Waals surface area contributed by atoms with Crippen LogP contribution in [0.5, 0.6) is 0 Å². The number of alkyl halides is 1. The Bertz CT molecular complexity index is 721. The Labute approximate surface area is 136 Å². The zero-order valence-corrected chi connectivity index (χ0v) is 13.9. The van der Waals surface area contributed by atoms with E-state index in [0.717, 1.165) is 47.3 Å². The van der Waals surface area contributed by atoms with Gasteiger partial charge in [0.1, 0.15) is 5.82 Å². The van der Waals surface area contributed by atoms with E-state index in [1.54, 1.807) is 0 Å². The number of halogens is 2. The molecule has 0 unspecified atom stereocenters. The summed E-state index contributed by atoms with van der Waals surface area (Å²) in [7, 11) is 0. The van der Waals surface area contributed by atoms with E-state index in [1.165, 1.54) is 0 Å². The molecular formula is C15H16BrClN4. The number of aromatic nitrogens is 4. The standard InChI is InChI=1S/C15H16BrClN4/c16-12-3-4-13-14(9-12)21(15(10-17)19-13)7-2-1-6-20-8-5-18-11-20/h3-5,8-9,11H,1-2,6-7,10H2. The van der Waals surface area contributed by atoms with Crippen molar-refractivity contribution in [3.05, 3.63) is 47.2 Å². The molecule has 6 heteroatoms. The molecule has 0 saturated heterocycles. The van der Waals surface area contributed by atoms with Crippen molar-refractivity contribution in [1.29, 1.82) is 0 Å². The predicted octanol–water partition coefficient (Wildman–Crippen LogP) is 4.21. The lowest BCUT2D eigenvalue weighted by atomic mass is 10.3. The van der Waals surface area contributed by atoms with Crippen LogP contribution in [0.25, 0.3) is 11.0 Å². The highest BCUT2D eigenvalue weighted by Gasteiger charge is 2.09. The second-order valence-electron chi connectivity index (χ2n) is 4.95. The van der Waals surface area contributed by atoms with Gasteiger partial charge in [0, 0.05) is 30.0 Å². The summed E-state index contributed by atoms with van der Waals surface area (Å²) in [6, 6.07) is 6.14. The lowest BCUT2D eigenvalue weighted by molar-refractivity contribution is 0.552. The van der Waals surface area contributed by atoms with Crippen molar-refractivity contribution in [2.24, 2.45) is 0 Å². The fraction of sp³-hybridized carbons (Fsp3) is 0.333. The zero-order chi connectivity index (χ0) is 14.7. The number of unbranched alkanes of at least 4 members (excludes halogenated alkanes) is 1. The Kier molecular flexibility index (Phi) is 4.60. The highest BCUT2D eigenvalue weighted by atomic mass is 79.9. The summed E-state index contributed by atoms with van der Waals surface area (Å²) >= 11 is 9.55. The Morgan fingerprint density at radius 1 is 1.19 bits per heavy atom. The molecule has 0 N–H and O–H groups in total. The molecule has 0 aliphatic carbocycles. The van der Waals surface area contributed by atoms with Crippen molar-refractivity contribution < 1.29 is 0 Å². The first-order valence-electron chi connectivity index (χ1n) is 6.94. The molecule has 0 radical (unpaired) electrons. The van der Waals surface area contributed by atoms with Crippen LogP contribution in [0, 0.1) is 0 Å². The van der Waals surface area contributed by atoms with E-state index in [4.69, 9.17) is 11.6 Å². The molecule has 0 spiro atoms. The molecule has 0 fully saturated rings. The Hall–Kier alpha value is -1.33. The lowest BCUT2D eigenvalue weighted by Gasteiger charge is -2.08. The first-order chi connectivity index (χ1) is 10.3. The van der Waals surface area contributed by atoms with Gasteiger partial charge in [-0.2, -0.15) is 0 Å². The summed E-state index contributed by atoms with van der Waals surface area (Å²) in [4.78, 5) is 8.65. The maximum atomic E-state index is 6.03. The number of aryl methyl sites for hydroxylation is 2. The summed E-state index contributed by atoms with van der Waals surface area (Å²) in [5.74, 6) is 1.38. The molecule has 0 aliphatic heterocycles. The van der Waals surface area contributed by atoms with Crippen LogP contribution >= 0.6 is 27.5 Å². The maximum absolute atomic E-state index is 6.03. The second kappa shape index (κ2) is 6.62. The van der Waals surface area contributed by atoms with Gasteiger partial charge in [-0.3, -0.25) is 0 Å². The molecule has 0 atom stereocenters. The van der Waals surface area contributed by atoms with Gasteiger partial charge < -0.3 is 9.13 Å². The normalized spacial score (nSPS) is 11.3. The molecule has 3 rings (SSSR count). The van der Waals surface area contributed by atoms with Crippen LogP contribution < -0.4 is 0 Å². The first-order valence-corrected chi connectivity index (χ1v) is 8.27. The average molecular weight is 368 g/mol. The number of fused-ring (bicyclic) bond motifs is 1. The van der Waals surface area contributed by atoms with Crippen LogP contribution in [0.4, 0.5) is 0 Å². The third-order valence-corrected chi connectivity index (χ3v) is 4.25. The molecule has 110 valence electrons. The molecular weight excluding hydrogens is 352 g/mol. The van der Waals surface area contributed by atoms with Crippen molar-refractivity contribution in [3.63, 3.8) is 0 Å². The largest absolute Gasteiger partial charge is 0.337 e. The van der Waals surface area contributed by atoms with Crippen LogP contribution in [0.1, 0.15) is 18.7 Å². The van der Waals surface area contributed by atoms with E-state index in [9.17, 15) is 0 Å². The summed E-state index contributed by atoms with van der Waals surface area (Å²) in [5, 5.41) is 0. The van der Waals surface area contributed by atoms with Gasteiger partial charge >= 0.3 is 0 Å². The van der Waals surface area contributed by atoms with Crippen molar-refractivity contribution in [3.8, 4) is 0 Å². The topological polar surface area (TPSA) is 35.6 Å². The fourth-order valence-electron chi connectivity index (χ4n) is 2.48. The average Bonchev–Trinajstić information content (AvgIpc) is 3.11. The van der Waals surface area contributed by atoms with E-state index in [2.05, 4.69) is 41.1 Å². The van der Waals surface area contributed by atoms with Crippen molar-refractivity contribution in [1.82, 2.24) is 19.1 Å². The molecule has 2 heterocycles. The zero-order valence-electron chi connectivity index (χ0n) is 11.5. The fourth-order valence-corrected chi connectivity index (χ4v) is 3.03. The van der Waals surface area contributed by atoms with Crippen molar-refractivity contribution in [2.75, 3.05) is 0 Å². The van der Waals surface area contributed by atoms with Crippen LogP contribution in [-0.2, 0) is 19.0 Å². The third-order valence-electron chi connectivity index (χ3n) is 3.52. The number of hydrogen-bond acceptors (Lipinski definition) is 2. The summed E-state index contributed by atoms with van der Waals surface area (Å²) in [6.07, 6.45) is 7.85. The quantitative estimate of drug-likeness (QED) is 0.483. The molecule has 0 amide bonds. The summed E-state index contributed by atoms with van der Waals surface area (Å²) in [6.45, 7) is 1.93. The van der Waals surface area contributed by atoms with Gasteiger partial charge in [-0.05, 0) is 31.0 Å². The molecule has 0 bridgehead atoms. The van der Waals surface area contributed by atoms with Gasteiger partial charge in [0.25, 0.3) is 0 Å². The summed E-state index contributed by atoms with van der Waals surface area (Å²) < 4.78 is 5.39. The minimum atomic E-state index is 0.438. The third kappa shape index (κ3) is 3.30. The van der Waals surface area contributed by atoms with Gasteiger partial charge in [0.15, 0.2) is 0 Å². The molecule has 0 aliphatic rings. The molecule has 0 saturated carbocycles. The number of imidazole rings is 2. The van der Waals surface area contributed by atoms with Gasteiger partial charge in [-0.25, -0.2) is 9.97 Å². The minimum absolute atomic E-state index is 0.438. The highest BCUT2D eigenvalue weighted by Crippen LogP contribution is 2.22. The van der Waals surface area contributed by atoms with Gasteiger partial charge in [0.2, 0.25) is 0 Å². The van der Waals surface area contributed by atoms with E-state index < -0.39 is 0 Å². The second-order valence-corrected chi connectivity index (χ2v) is 6.14. The minimum Gasteiger partial charge on any atom is -0.337 e. The Balaban J connectivity index is 1.71. The highest BCUT2D eigenvalue weighted by molar-refractivity contribution is 9.10. The number of hydrogen-bond donors (Lipinski definition) is 0. The van der Waals surface area contributed by atoms with E-state index in [-0.39, 0.29) is 0 Å². The SMILES string of the molecule is ClCc1nc2ccc(Br)cc2n1CCCCn1ccnc1. The molecule has 3 aromatic rings. The van der Waals surface area contributed by atoms with Crippen LogP contribution in [0.15, 0.2) is 41.4 Å². The molecule has 1 aromatic carbocycles. The number of rotatable bonds is 6. The summed E-state index contributed by atoms with van der Waals surface area (Å²) in [5.41, 5.74) is 2.14. The van der Waals surface area contributed by atoms with E-state index in [1.807, 2.05) is 30.9 Å².